The molecule has 0 bridgehead atoms. The number of nitrogens with one attached hydrogen (secondary N) is 4. The van der Waals surface area contributed by atoms with Gasteiger partial charge in [0.1, 0.15) is 18.7 Å². The van der Waals surface area contributed by atoms with E-state index in [4.69, 9.17) is 10.5 Å². The number of hydrogen-bond acceptors (Lipinski definition) is 6. The highest BCUT2D eigenvalue weighted by atomic mass is 16.5. The fourth-order valence-corrected chi connectivity index (χ4v) is 4.86. The van der Waals surface area contributed by atoms with Gasteiger partial charge in [-0.2, -0.15) is 0 Å². The minimum absolute atomic E-state index is 0.135. The molecule has 4 amide bonds. The molecular weight excluding hydrogens is 582 g/mol. The molecule has 0 unspecified atom stereocenters. The lowest BCUT2D eigenvalue weighted by atomic mass is 10.0. The second-order valence-corrected chi connectivity index (χ2v) is 11.1. The van der Waals surface area contributed by atoms with Crippen LogP contribution < -0.4 is 27.0 Å². The summed E-state index contributed by atoms with van der Waals surface area (Å²) in [5.74, 6) is -1.05. The van der Waals surface area contributed by atoms with Crippen LogP contribution in [0.1, 0.15) is 55.2 Å². The van der Waals surface area contributed by atoms with Crippen molar-refractivity contribution in [3.8, 4) is 0 Å². The number of carbonyl (C=O) groups excluding carboxylic acids is 4. The van der Waals surface area contributed by atoms with E-state index in [1.54, 1.807) is 0 Å². The molecule has 2 atom stereocenters. The van der Waals surface area contributed by atoms with Gasteiger partial charge in [0, 0.05) is 32.4 Å². The Morgan fingerprint density at radius 1 is 0.587 bits per heavy atom. The summed E-state index contributed by atoms with van der Waals surface area (Å²) in [5.41, 5.74) is 8.17. The van der Waals surface area contributed by atoms with Gasteiger partial charge in [-0.15, -0.1) is 0 Å². The number of amides is 4. The molecule has 6 N–H and O–H groups in total. The number of unbranched alkanes of at least 4 members (excludes halogenated alkanes) is 4. The first-order chi connectivity index (χ1) is 22.4. The molecule has 0 aliphatic carbocycles. The second kappa shape index (κ2) is 21.1. The summed E-state index contributed by atoms with van der Waals surface area (Å²) in [6, 6.07) is 26.4. The molecule has 10 nitrogen and oxygen atoms in total. The van der Waals surface area contributed by atoms with Gasteiger partial charge >= 0.3 is 6.09 Å². The van der Waals surface area contributed by atoms with Crippen LogP contribution in [0.25, 0.3) is 0 Å². The Morgan fingerprint density at radius 3 is 1.67 bits per heavy atom. The van der Waals surface area contributed by atoms with Crippen LogP contribution >= 0.6 is 0 Å². The van der Waals surface area contributed by atoms with Crippen molar-refractivity contribution in [1.82, 2.24) is 21.3 Å². The Morgan fingerprint density at radius 2 is 1.09 bits per heavy atom. The van der Waals surface area contributed by atoms with Gasteiger partial charge in [0.2, 0.25) is 17.7 Å². The average molecular weight is 630 g/mol. The van der Waals surface area contributed by atoms with Crippen molar-refractivity contribution in [2.45, 2.75) is 70.1 Å². The van der Waals surface area contributed by atoms with Crippen molar-refractivity contribution < 1.29 is 23.9 Å². The summed E-state index contributed by atoms with van der Waals surface area (Å²) < 4.78 is 5.21. The number of ether oxygens (including phenoxy) is 1. The van der Waals surface area contributed by atoms with Gasteiger partial charge < -0.3 is 31.7 Å². The van der Waals surface area contributed by atoms with Gasteiger partial charge in [0.25, 0.3) is 0 Å². The number of alkyl carbamates (subject to hydrolysis) is 1. The van der Waals surface area contributed by atoms with Crippen LogP contribution in [0.2, 0.25) is 0 Å². The predicted molar refractivity (Wildman–Crippen MR) is 179 cm³/mol. The Bertz CT molecular complexity index is 1320. The van der Waals surface area contributed by atoms with Crippen molar-refractivity contribution in [2.24, 2.45) is 5.73 Å². The van der Waals surface area contributed by atoms with Gasteiger partial charge in [0.15, 0.2) is 0 Å². The highest BCUT2D eigenvalue weighted by molar-refractivity contribution is 5.92. The summed E-state index contributed by atoms with van der Waals surface area (Å²) in [6.07, 6.45) is 4.92. The normalized spacial score (nSPS) is 11.9. The largest absolute Gasteiger partial charge is 0.445 e. The van der Waals surface area contributed by atoms with E-state index >= 15 is 0 Å². The van der Waals surface area contributed by atoms with Gasteiger partial charge in [-0.25, -0.2) is 4.79 Å². The zero-order valence-corrected chi connectivity index (χ0v) is 26.4. The molecule has 46 heavy (non-hydrogen) atoms. The monoisotopic (exact) mass is 629 g/mol. The van der Waals surface area contributed by atoms with Crippen LogP contribution in [0.4, 0.5) is 4.79 Å². The fourth-order valence-electron chi connectivity index (χ4n) is 4.86. The molecule has 0 aromatic heterocycles. The summed E-state index contributed by atoms with van der Waals surface area (Å²) in [7, 11) is 0. The van der Waals surface area contributed by atoms with E-state index in [2.05, 4.69) is 21.3 Å². The summed E-state index contributed by atoms with van der Waals surface area (Å²) in [4.78, 5) is 51.9. The molecule has 0 saturated carbocycles. The third kappa shape index (κ3) is 14.4. The van der Waals surface area contributed by atoms with Crippen molar-refractivity contribution >= 4 is 23.8 Å². The lowest BCUT2D eigenvalue weighted by Crippen LogP contribution is -2.55. The molecule has 0 aliphatic heterocycles. The highest BCUT2D eigenvalue weighted by Gasteiger charge is 2.27. The number of nitrogens with two attached hydrogens (primary N) is 1. The SMILES string of the molecule is NCCCCCCCC(=O)N[C@@H](Cc1ccccc1)C(=O)N[C@@H](Cc1ccccc1)C(=O)NCCNC(=O)OCc1ccccc1. The molecule has 0 saturated heterocycles. The van der Waals surface area contributed by atoms with Crippen LogP contribution in [-0.2, 0) is 38.6 Å². The van der Waals surface area contributed by atoms with Gasteiger partial charge in [-0.1, -0.05) is 110 Å². The summed E-state index contributed by atoms with van der Waals surface area (Å²) >= 11 is 0. The minimum Gasteiger partial charge on any atom is -0.445 e. The first-order valence-corrected chi connectivity index (χ1v) is 16.0. The minimum atomic E-state index is -0.905. The number of hydrogen-bond donors (Lipinski definition) is 5. The van der Waals surface area contributed by atoms with E-state index in [1.165, 1.54) is 0 Å². The van der Waals surface area contributed by atoms with E-state index in [-0.39, 0.29) is 38.4 Å². The van der Waals surface area contributed by atoms with E-state index in [0.717, 1.165) is 48.8 Å². The molecule has 0 fully saturated rings. The zero-order chi connectivity index (χ0) is 32.8. The van der Waals surface area contributed by atoms with Crippen molar-refractivity contribution in [1.29, 1.82) is 0 Å². The van der Waals surface area contributed by atoms with Crippen LogP contribution in [-0.4, -0.2) is 55.5 Å². The molecule has 0 radical (unpaired) electrons. The first kappa shape index (κ1) is 35.8. The molecule has 3 aromatic rings. The Hall–Kier alpha value is -4.70. The van der Waals surface area contributed by atoms with E-state index in [0.29, 0.717) is 13.0 Å². The molecule has 0 spiro atoms. The van der Waals surface area contributed by atoms with Crippen molar-refractivity contribution in [3.05, 3.63) is 108 Å². The van der Waals surface area contributed by atoms with Crippen LogP contribution in [0, 0.1) is 0 Å². The van der Waals surface area contributed by atoms with Gasteiger partial charge in [-0.3, -0.25) is 14.4 Å². The smallest absolute Gasteiger partial charge is 0.407 e. The predicted octanol–water partition coefficient (Wildman–Crippen LogP) is 3.78. The quantitative estimate of drug-likeness (QED) is 0.120. The lowest BCUT2D eigenvalue weighted by Gasteiger charge is -2.24. The van der Waals surface area contributed by atoms with Crippen LogP contribution in [0.15, 0.2) is 91.0 Å². The van der Waals surface area contributed by atoms with E-state index in [9.17, 15) is 19.2 Å². The van der Waals surface area contributed by atoms with E-state index < -0.39 is 30.0 Å². The molecule has 3 rings (SSSR count). The zero-order valence-electron chi connectivity index (χ0n) is 26.4. The Balaban J connectivity index is 1.58. The first-order valence-electron chi connectivity index (χ1n) is 16.0. The maximum Gasteiger partial charge on any atom is 0.407 e. The average Bonchev–Trinajstić information content (AvgIpc) is 3.08. The van der Waals surface area contributed by atoms with Crippen molar-refractivity contribution in [2.75, 3.05) is 19.6 Å². The van der Waals surface area contributed by atoms with Crippen LogP contribution in [0.5, 0.6) is 0 Å². The summed E-state index contributed by atoms with van der Waals surface area (Å²) in [6.45, 7) is 1.08. The van der Waals surface area contributed by atoms with E-state index in [1.807, 2.05) is 91.0 Å². The number of rotatable bonds is 20. The Labute approximate surface area is 271 Å². The second-order valence-electron chi connectivity index (χ2n) is 11.1. The Kier molecular flexibility index (Phi) is 16.4. The van der Waals surface area contributed by atoms with Gasteiger partial charge in [-0.05, 0) is 36.1 Å². The number of carbonyl (C=O) groups is 4. The fraction of sp³-hybridized carbons (Fsp3) is 0.389. The topological polar surface area (TPSA) is 152 Å². The third-order valence-corrected chi connectivity index (χ3v) is 7.36. The maximum absolute atomic E-state index is 13.7. The third-order valence-electron chi connectivity index (χ3n) is 7.36. The van der Waals surface area contributed by atoms with Crippen molar-refractivity contribution in [3.63, 3.8) is 0 Å². The molecule has 0 heterocycles. The standard InChI is InChI=1S/C36H47N5O5/c37-22-14-3-1-2-13-21-33(42)40-32(26-29-17-9-5-10-18-29)35(44)41-31(25-28-15-7-4-8-16-28)34(43)38-23-24-39-36(45)46-27-30-19-11-6-12-20-30/h4-12,15-20,31-32H,1-3,13-14,21-27,37H2,(H,38,43)(H,39,45)(H,40,42)(H,41,44)/t31-,32-/m0/s1. The molecule has 246 valence electrons. The summed E-state index contributed by atoms with van der Waals surface area (Å²) in [5, 5.41) is 11.2. The molecular formula is C36H47N5O5. The van der Waals surface area contributed by atoms with Crippen LogP contribution in [0.3, 0.4) is 0 Å². The van der Waals surface area contributed by atoms with Gasteiger partial charge in [0.05, 0.1) is 0 Å². The molecule has 3 aromatic carbocycles. The lowest BCUT2D eigenvalue weighted by molar-refractivity contribution is -0.132. The number of benzene rings is 3. The maximum atomic E-state index is 13.7. The highest BCUT2D eigenvalue weighted by Crippen LogP contribution is 2.09. The molecule has 0 aliphatic rings. The molecule has 10 heteroatoms.